The van der Waals surface area contributed by atoms with Gasteiger partial charge in [0, 0.05) is 17.8 Å². The van der Waals surface area contributed by atoms with Gasteiger partial charge in [0.1, 0.15) is 0 Å². The molecule has 0 radical (unpaired) electrons. The molecule has 4 heteroatoms. The lowest BCUT2D eigenvalue weighted by atomic mass is 9.73. The average molecular weight is 282 g/mol. The topological polar surface area (TPSA) is 80.3 Å². The monoisotopic (exact) mass is 282 g/mol. The zero-order chi connectivity index (χ0) is 15.3. The summed E-state index contributed by atoms with van der Waals surface area (Å²) in [6.07, 6.45) is -0.595. The van der Waals surface area contributed by atoms with Crippen LogP contribution >= 0.6 is 0 Å². The maximum Gasteiger partial charge on any atom is 0.0527 e. The minimum absolute atomic E-state index is 0.0359. The molecule has 0 aliphatic rings. The van der Waals surface area contributed by atoms with E-state index in [1.54, 1.807) is 54.6 Å². The molecule has 0 saturated heterocycles. The first-order chi connectivity index (χ1) is 10.0. The molecule has 0 amide bonds. The minimum Gasteiger partial charge on any atom is -0.550 e. The van der Waals surface area contributed by atoms with Crippen LogP contribution in [0.2, 0.25) is 0 Å². The van der Waals surface area contributed by atoms with Crippen LogP contribution in [0.4, 0.5) is 0 Å². The number of hydrogen-bond acceptors (Lipinski definition) is 4. The highest BCUT2D eigenvalue weighted by molar-refractivity contribution is 5.85. The molecule has 2 aromatic rings. The van der Waals surface area contributed by atoms with Crippen molar-refractivity contribution >= 4 is 11.9 Å². The highest BCUT2D eigenvalue weighted by atomic mass is 16.4. The normalized spacial score (nSPS) is 13.3. The van der Waals surface area contributed by atoms with Crippen LogP contribution in [-0.4, -0.2) is 11.9 Å². The van der Waals surface area contributed by atoms with Crippen LogP contribution in [0, 0.1) is 0 Å². The number of benzene rings is 2. The van der Waals surface area contributed by atoms with Crippen molar-refractivity contribution in [3.63, 3.8) is 0 Å². The zero-order valence-electron chi connectivity index (χ0n) is 11.3. The zero-order valence-corrected chi connectivity index (χ0v) is 11.3. The van der Waals surface area contributed by atoms with Crippen molar-refractivity contribution < 1.29 is 19.8 Å². The summed E-state index contributed by atoms with van der Waals surface area (Å²) in [5.41, 5.74) is -0.508. The number of carbonyl (C=O) groups excluding carboxylic acids is 2. The first kappa shape index (κ1) is 14.8. The number of carboxylic acids is 2. The van der Waals surface area contributed by atoms with Crippen molar-refractivity contribution in [1.29, 1.82) is 0 Å². The van der Waals surface area contributed by atoms with Gasteiger partial charge in [-0.25, -0.2) is 0 Å². The van der Waals surface area contributed by atoms with Gasteiger partial charge in [-0.1, -0.05) is 60.7 Å². The minimum atomic E-state index is -1.64. The number of carboxylic acid groups (broad SMARTS) is 2. The summed E-state index contributed by atoms with van der Waals surface area (Å²) in [5, 5.41) is 22.8. The second-order valence-corrected chi connectivity index (χ2v) is 4.95. The fourth-order valence-electron chi connectivity index (χ4n) is 2.48. The lowest BCUT2D eigenvalue weighted by Gasteiger charge is -2.36. The van der Waals surface area contributed by atoms with Gasteiger partial charge in [-0.3, -0.25) is 0 Å². The Morgan fingerprint density at radius 1 is 0.857 bits per heavy atom. The maximum atomic E-state index is 11.8. The van der Waals surface area contributed by atoms with E-state index in [0.29, 0.717) is 5.56 Å². The molecule has 0 saturated carbocycles. The summed E-state index contributed by atoms with van der Waals surface area (Å²) in [4.78, 5) is 22.8. The van der Waals surface area contributed by atoms with Crippen LogP contribution in [0.3, 0.4) is 0 Å². The molecule has 2 rings (SSSR count). The van der Waals surface area contributed by atoms with Crippen molar-refractivity contribution in [1.82, 2.24) is 0 Å². The number of aliphatic carboxylic acids is 2. The summed E-state index contributed by atoms with van der Waals surface area (Å²) in [6, 6.07) is 17.2. The fourth-order valence-corrected chi connectivity index (χ4v) is 2.48. The second kappa shape index (κ2) is 6.22. The quantitative estimate of drug-likeness (QED) is 0.750. The highest BCUT2D eigenvalue weighted by Crippen LogP contribution is 2.31. The second-order valence-electron chi connectivity index (χ2n) is 4.95. The van der Waals surface area contributed by atoms with E-state index in [-0.39, 0.29) is 6.42 Å². The fraction of sp³-hybridized carbons (Fsp3) is 0.176. The van der Waals surface area contributed by atoms with Gasteiger partial charge in [0.2, 0.25) is 0 Å². The molecule has 0 heterocycles. The number of hydrogen-bond donors (Lipinski definition) is 0. The van der Waals surface area contributed by atoms with Gasteiger partial charge in [-0.05, 0) is 17.5 Å². The van der Waals surface area contributed by atoms with Crippen molar-refractivity contribution in [3.05, 3.63) is 71.8 Å². The van der Waals surface area contributed by atoms with Gasteiger partial charge in [-0.2, -0.15) is 0 Å². The predicted octanol–water partition coefficient (Wildman–Crippen LogP) is 0.0570. The van der Waals surface area contributed by atoms with Gasteiger partial charge >= 0.3 is 0 Å². The molecule has 1 atom stereocenters. The molecule has 108 valence electrons. The van der Waals surface area contributed by atoms with Crippen molar-refractivity contribution in [2.45, 2.75) is 18.3 Å². The first-order valence-corrected chi connectivity index (χ1v) is 6.55. The molecule has 0 unspecified atom stereocenters. The molecule has 0 aromatic heterocycles. The number of rotatable bonds is 6. The molecule has 0 spiro atoms. The molecule has 0 N–H and O–H groups in total. The van der Waals surface area contributed by atoms with E-state index in [9.17, 15) is 19.8 Å². The molecule has 0 fully saturated rings. The summed E-state index contributed by atoms with van der Waals surface area (Å²) in [7, 11) is 0. The van der Waals surface area contributed by atoms with E-state index in [4.69, 9.17) is 0 Å². The summed E-state index contributed by atoms with van der Waals surface area (Å²) < 4.78 is 0. The lowest BCUT2D eigenvalue weighted by Crippen LogP contribution is -2.50. The van der Waals surface area contributed by atoms with Crippen LogP contribution in [-0.2, 0) is 21.4 Å². The van der Waals surface area contributed by atoms with Crippen molar-refractivity contribution in [2.75, 3.05) is 0 Å². The van der Waals surface area contributed by atoms with E-state index < -0.39 is 23.8 Å². The average Bonchev–Trinajstić information content (AvgIpc) is 2.48. The van der Waals surface area contributed by atoms with Crippen LogP contribution < -0.4 is 10.2 Å². The number of carbonyl (C=O) groups is 2. The van der Waals surface area contributed by atoms with E-state index in [2.05, 4.69) is 0 Å². The molecule has 2 aromatic carbocycles. The largest absolute Gasteiger partial charge is 0.550 e. The summed E-state index contributed by atoms with van der Waals surface area (Å²) in [5.74, 6) is -2.83. The van der Waals surface area contributed by atoms with Gasteiger partial charge in [0.25, 0.3) is 0 Å². The first-order valence-electron chi connectivity index (χ1n) is 6.55. The predicted molar refractivity (Wildman–Crippen MR) is 72.9 cm³/mol. The van der Waals surface area contributed by atoms with Crippen LogP contribution in [0.25, 0.3) is 0 Å². The molecule has 21 heavy (non-hydrogen) atoms. The Kier molecular flexibility index (Phi) is 4.38. The molecule has 0 bridgehead atoms. The lowest BCUT2D eigenvalue weighted by molar-refractivity contribution is -0.323. The Morgan fingerprint density at radius 2 is 1.38 bits per heavy atom. The SMILES string of the molecule is O=C([O-])C[C@](Cc1ccccc1)(C(=O)[O-])c1ccccc1. The van der Waals surface area contributed by atoms with Crippen molar-refractivity contribution in [3.8, 4) is 0 Å². The Morgan fingerprint density at radius 3 is 1.86 bits per heavy atom. The molecule has 4 nitrogen and oxygen atoms in total. The van der Waals surface area contributed by atoms with Crippen molar-refractivity contribution in [2.24, 2.45) is 0 Å². The smallest absolute Gasteiger partial charge is 0.0527 e. The van der Waals surface area contributed by atoms with Gasteiger partial charge in [0.15, 0.2) is 0 Å². The van der Waals surface area contributed by atoms with Gasteiger partial charge in [0.05, 0.1) is 5.97 Å². The van der Waals surface area contributed by atoms with Gasteiger partial charge < -0.3 is 19.8 Å². The van der Waals surface area contributed by atoms with E-state index in [0.717, 1.165) is 5.56 Å². The maximum absolute atomic E-state index is 11.8. The molecule has 0 aliphatic heterocycles. The Hall–Kier alpha value is -2.62. The third-order valence-electron chi connectivity index (χ3n) is 3.51. The Balaban J connectivity index is 2.51. The van der Waals surface area contributed by atoms with Crippen LogP contribution in [0.15, 0.2) is 60.7 Å². The van der Waals surface area contributed by atoms with E-state index >= 15 is 0 Å². The van der Waals surface area contributed by atoms with E-state index in [1.807, 2.05) is 6.07 Å². The summed E-state index contributed by atoms with van der Waals surface area (Å²) in [6.45, 7) is 0. The van der Waals surface area contributed by atoms with Crippen LogP contribution in [0.1, 0.15) is 17.5 Å². The van der Waals surface area contributed by atoms with Gasteiger partial charge in [-0.15, -0.1) is 0 Å². The molecular weight excluding hydrogens is 268 g/mol. The Bertz CT molecular complexity index is 622. The Labute approximate surface area is 122 Å². The standard InChI is InChI=1S/C17H16O4/c18-15(19)12-17(16(20)21,14-9-5-2-6-10-14)11-13-7-3-1-4-8-13/h1-10H,11-12H2,(H,18,19)(H,20,21)/p-2/t17-/m0/s1. The molecule has 0 aliphatic carbocycles. The third kappa shape index (κ3) is 3.28. The highest BCUT2D eigenvalue weighted by Gasteiger charge is 2.34. The summed E-state index contributed by atoms with van der Waals surface area (Å²) >= 11 is 0. The van der Waals surface area contributed by atoms with E-state index in [1.165, 1.54) is 0 Å². The third-order valence-corrected chi connectivity index (χ3v) is 3.51. The van der Waals surface area contributed by atoms with Crippen LogP contribution in [0.5, 0.6) is 0 Å². The molecular formula is C17H14O4-2.